The highest BCUT2D eigenvalue weighted by molar-refractivity contribution is 5.18. The molecule has 0 unspecified atom stereocenters. The van der Waals surface area contributed by atoms with Crippen molar-refractivity contribution < 1.29 is 5.11 Å². The Morgan fingerprint density at radius 3 is 2.38 bits per heavy atom. The smallest absolute Gasteiger partial charge is 0.0656 e. The van der Waals surface area contributed by atoms with Crippen LogP contribution in [0, 0.1) is 28.6 Å². The fraction of sp³-hybridized carbons (Fsp3) is 1.00. The van der Waals surface area contributed by atoms with Gasteiger partial charge in [0.25, 0.3) is 0 Å². The fourth-order valence-corrected chi connectivity index (χ4v) is 5.50. The van der Waals surface area contributed by atoms with E-state index in [0.29, 0.717) is 16.7 Å². The van der Waals surface area contributed by atoms with Gasteiger partial charge in [0, 0.05) is 0 Å². The van der Waals surface area contributed by atoms with E-state index in [0.717, 1.165) is 18.3 Å². The largest absolute Gasteiger partial charge is 0.390 e. The summed E-state index contributed by atoms with van der Waals surface area (Å²) in [6.07, 6.45) is 6.33. The van der Waals surface area contributed by atoms with Crippen molar-refractivity contribution in [2.75, 3.05) is 0 Å². The molecule has 0 spiro atoms. The van der Waals surface area contributed by atoms with Crippen LogP contribution in [0.1, 0.15) is 59.8 Å². The van der Waals surface area contributed by atoms with E-state index in [2.05, 4.69) is 27.7 Å². The zero-order valence-corrected chi connectivity index (χ0v) is 11.2. The number of hydrogen-bond acceptors (Lipinski definition) is 1. The highest BCUT2D eigenvalue weighted by Crippen LogP contribution is 2.74. The van der Waals surface area contributed by atoms with Gasteiger partial charge in [-0.1, -0.05) is 27.2 Å². The Bertz CT molecular complexity index is 317. The van der Waals surface area contributed by atoms with Crippen molar-refractivity contribution in [1.82, 2.24) is 0 Å². The number of fused-ring (bicyclic) bond motifs is 3. The molecule has 0 aromatic rings. The molecule has 1 heteroatoms. The van der Waals surface area contributed by atoms with Gasteiger partial charge in [0.1, 0.15) is 0 Å². The van der Waals surface area contributed by atoms with Crippen LogP contribution in [-0.4, -0.2) is 10.7 Å². The molecular weight excluding hydrogens is 196 g/mol. The maximum atomic E-state index is 10.8. The molecule has 1 N–H and O–H groups in total. The van der Waals surface area contributed by atoms with Crippen LogP contribution in [0.25, 0.3) is 0 Å². The predicted molar refractivity (Wildman–Crippen MR) is 66.1 cm³/mol. The monoisotopic (exact) mass is 222 g/mol. The second kappa shape index (κ2) is 2.85. The van der Waals surface area contributed by atoms with Gasteiger partial charge < -0.3 is 5.11 Å². The van der Waals surface area contributed by atoms with Crippen LogP contribution in [-0.2, 0) is 0 Å². The molecule has 3 aliphatic rings. The summed E-state index contributed by atoms with van der Waals surface area (Å²) in [5.74, 6) is 2.25. The fourth-order valence-electron chi connectivity index (χ4n) is 5.50. The van der Waals surface area contributed by atoms with E-state index in [1.807, 2.05) is 0 Å². The first-order valence-electron chi connectivity index (χ1n) is 7.01. The SMILES string of the molecule is CC1(C)[C@@H]2[C@H]1CC[C@]1(C)CCC[C@](C)(O)[C@@H]21. The van der Waals surface area contributed by atoms with E-state index < -0.39 is 5.60 Å². The standard InChI is InChI=1S/C15H26O/c1-13(2)10-6-9-14(3)7-5-8-15(4,16)12(14)11(10)13/h10-12,16H,5-9H2,1-4H3/t10-,11-,12+,14+,15+/m1/s1. The first-order valence-corrected chi connectivity index (χ1v) is 7.01. The molecule has 3 fully saturated rings. The minimum absolute atomic E-state index is 0.399. The lowest BCUT2D eigenvalue weighted by Gasteiger charge is -2.52. The second-order valence-corrected chi connectivity index (χ2v) is 7.83. The highest BCUT2D eigenvalue weighted by Gasteiger charge is 2.69. The molecule has 0 aromatic heterocycles. The first-order chi connectivity index (χ1) is 7.29. The summed E-state index contributed by atoms with van der Waals surface area (Å²) < 4.78 is 0. The van der Waals surface area contributed by atoms with E-state index in [1.54, 1.807) is 0 Å². The van der Waals surface area contributed by atoms with E-state index in [-0.39, 0.29) is 0 Å². The lowest BCUT2D eigenvalue weighted by molar-refractivity contribution is -0.122. The molecule has 0 amide bonds. The Hall–Kier alpha value is -0.0400. The van der Waals surface area contributed by atoms with Crippen LogP contribution in [0.5, 0.6) is 0 Å². The van der Waals surface area contributed by atoms with Crippen LogP contribution in [0.4, 0.5) is 0 Å². The Morgan fingerprint density at radius 1 is 1.00 bits per heavy atom. The first kappa shape index (κ1) is 11.1. The Labute approximate surface area is 99.6 Å². The lowest BCUT2D eigenvalue weighted by atomic mass is 9.55. The van der Waals surface area contributed by atoms with Crippen LogP contribution < -0.4 is 0 Å². The Kier molecular flexibility index (Phi) is 1.98. The summed E-state index contributed by atoms with van der Waals surface area (Å²) in [6.45, 7) is 9.37. The van der Waals surface area contributed by atoms with Gasteiger partial charge in [-0.25, -0.2) is 0 Å². The van der Waals surface area contributed by atoms with Crippen LogP contribution >= 0.6 is 0 Å². The lowest BCUT2D eigenvalue weighted by Crippen LogP contribution is -2.51. The zero-order valence-electron chi connectivity index (χ0n) is 11.2. The van der Waals surface area contributed by atoms with Gasteiger partial charge in [0.05, 0.1) is 5.60 Å². The molecule has 3 aliphatic carbocycles. The van der Waals surface area contributed by atoms with Gasteiger partial charge in [0.2, 0.25) is 0 Å². The molecule has 0 bridgehead atoms. The molecule has 0 saturated heterocycles. The predicted octanol–water partition coefficient (Wildman–Crippen LogP) is 3.61. The van der Waals surface area contributed by atoms with Crippen molar-refractivity contribution in [2.45, 2.75) is 65.4 Å². The third-order valence-electron chi connectivity index (χ3n) is 6.38. The van der Waals surface area contributed by atoms with E-state index in [4.69, 9.17) is 0 Å². The zero-order chi connectivity index (χ0) is 11.8. The number of rotatable bonds is 0. The molecule has 3 rings (SSSR count). The summed E-state index contributed by atoms with van der Waals surface area (Å²) in [5.41, 5.74) is 0.532. The van der Waals surface area contributed by atoms with Crippen molar-refractivity contribution >= 4 is 0 Å². The van der Waals surface area contributed by atoms with E-state index >= 15 is 0 Å². The molecule has 0 aliphatic heterocycles. The maximum absolute atomic E-state index is 10.8. The van der Waals surface area contributed by atoms with Crippen molar-refractivity contribution in [1.29, 1.82) is 0 Å². The van der Waals surface area contributed by atoms with Crippen LogP contribution in [0.15, 0.2) is 0 Å². The van der Waals surface area contributed by atoms with Gasteiger partial charge in [-0.2, -0.15) is 0 Å². The molecule has 5 atom stereocenters. The van der Waals surface area contributed by atoms with Crippen molar-refractivity contribution in [3.8, 4) is 0 Å². The topological polar surface area (TPSA) is 20.2 Å². The maximum Gasteiger partial charge on any atom is 0.0656 e. The Morgan fingerprint density at radius 2 is 1.69 bits per heavy atom. The number of aliphatic hydroxyl groups is 1. The molecule has 3 saturated carbocycles. The summed E-state index contributed by atoms with van der Waals surface area (Å²) >= 11 is 0. The summed E-state index contributed by atoms with van der Waals surface area (Å²) in [5, 5.41) is 10.8. The van der Waals surface area contributed by atoms with Crippen LogP contribution in [0.3, 0.4) is 0 Å². The number of hydrogen-bond donors (Lipinski definition) is 1. The van der Waals surface area contributed by atoms with Crippen molar-refractivity contribution in [2.24, 2.45) is 28.6 Å². The molecule has 92 valence electrons. The summed E-state index contributed by atoms with van der Waals surface area (Å²) in [7, 11) is 0. The highest BCUT2D eigenvalue weighted by atomic mass is 16.3. The van der Waals surface area contributed by atoms with E-state index in [9.17, 15) is 5.11 Å². The van der Waals surface area contributed by atoms with Gasteiger partial charge >= 0.3 is 0 Å². The van der Waals surface area contributed by atoms with Gasteiger partial charge in [-0.15, -0.1) is 0 Å². The summed E-state index contributed by atoms with van der Waals surface area (Å²) in [4.78, 5) is 0. The third kappa shape index (κ3) is 1.21. The molecule has 16 heavy (non-hydrogen) atoms. The molecule has 0 radical (unpaired) electrons. The van der Waals surface area contributed by atoms with Crippen molar-refractivity contribution in [3.05, 3.63) is 0 Å². The quantitative estimate of drug-likeness (QED) is 0.664. The van der Waals surface area contributed by atoms with Gasteiger partial charge in [-0.3, -0.25) is 0 Å². The third-order valence-corrected chi connectivity index (χ3v) is 6.38. The van der Waals surface area contributed by atoms with Crippen LogP contribution in [0.2, 0.25) is 0 Å². The average molecular weight is 222 g/mol. The van der Waals surface area contributed by atoms with Gasteiger partial charge in [-0.05, 0) is 61.2 Å². The molecular formula is C15H26O. The Balaban J connectivity index is 1.98. The second-order valence-electron chi connectivity index (χ2n) is 7.83. The molecule has 0 heterocycles. The average Bonchev–Trinajstić information content (AvgIpc) is 2.66. The minimum atomic E-state index is -0.399. The molecule has 0 aromatic carbocycles. The van der Waals surface area contributed by atoms with Gasteiger partial charge in [0.15, 0.2) is 0 Å². The summed E-state index contributed by atoms with van der Waals surface area (Å²) in [6, 6.07) is 0. The minimum Gasteiger partial charge on any atom is -0.390 e. The normalized spacial score (nSPS) is 58.7. The van der Waals surface area contributed by atoms with E-state index in [1.165, 1.54) is 25.7 Å². The molecule has 1 nitrogen and oxygen atoms in total. The van der Waals surface area contributed by atoms with Crippen molar-refractivity contribution in [3.63, 3.8) is 0 Å².